The molecule has 1 atom stereocenters. The van der Waals surface area contributed by atoms with Gasteiger partial charge in [0.05, 0.1) is 17.5 Å². The van der Waals surface area contributed by atoms with Gasteiger partial charge in [-0.3, -0.25) is 4.79 Å². The van der Waals surface area contributed by atoms with E-state index in [-0.39, 0.29) is 16.8 Å². The third-order valence-electron chi connectivity index (χ3n) is 4.03. The van der Waals surface area contributed by atoms with Crippen molar-refractivity contribution in [3.05, 3.63) is 58.6 Å². The minimum atomic E-state index is -3.72. The number of nitrogens with one attached hydrogen (secondary N) is 1. The number of rotatable bonds is 8. The van der Waals surface area contributed by atoms with E-state index in [2.05, 4.69) is 5.32 Å². The molecule has 0 aliphatic rings. The molecule has 0 spiro atoms. The van der Waals surface area contributed by atoms with Crippen molar-refractivity contribution < 1.29 is 17.9 Å². The number of aryl methyl sites for hydroxylation is 1. The lowest BCUT2D eigenvalue weighted by molar-refractivity contribution is -0.121. The Morgan fingerprint density at radius 3 is 2.48 bits per heavy atom. The summed E-state index contributed by atoms with van der Waals surface area (Å²) in [6, 6.07) is 11.3. The highest BCUT2D eigenvalue weighted by Gasteiger charge is 2.12. The van der Waals surface area contributed by atoms with E-state index in [1.165, 1.54) is 12.1 Å². The fourth-order valence-corrected chi connectivity index (χ4v) is 3.27. The van der Waals surface area contributed by atoms with Crippen molar-refractivity contribution in [2.24, 2.45) is 5.14 Å². The molecular formula is C19H23ClN2O4S. The van der Waals surface area contributed by atoms with Crippen LogP contribution in [0.5, 0.6) is 5.75 Å². The molecule has 0 aliphatic heterocycles. The van der Waals surface area contributed by atoms with Gasteiger partial charge >= 0.3 is 0 Å². The van der Waals surface area contributed by atoms with Crippen molar-refractivity contribution in [1.29, 1.82) is 0 Å². The Morgan fingerprint density at radius 1 is 1.22 bits per heavy atom. The maximum absolute atomic E-state index is 12.1. The average molecular weight is 411 g/mol. The van der Waals surface area contributed by atoms with Crippen molar-refractivity contribution in [3.63, 3.8) is 0 Å². The Bertz CT molecular complexity index is 898. The van der Waals surface area contributed by atoms with Crippen LogP contribution < -0.4 is 15.2 Å². The van der Waals surface area contributed by atoms with Gasteiger partial charge in [0.25, 0.3) is 0 Å². The fraction of sp³-hybridized carbons (Fsp3) is 0.316. The maximum Gasteiger partial charge on any atom is 0.238 e. The van der Waals surface area contributed by atoms with Gasteiger partial charge in [-0.25, -0.2) is 13.6 Å². The third-order valence-corrected chi connectivity index (χ3v) is 5.19. The summed E-state index contributed by atoms with van der Waals surface area (Å²) >= 11 is 5.91. The molecule has 0 heterocycles. The smallest absolute Gasteiger partial charge is 0.238 e. The minimum Gasteiger partial charge on any atom is -0.493 e. The first kappa shape index (κ1) is 21.2. The van der Waals surface area contributed by atoms with Gasteiger partial charge in [-0.05, 0) is 61.7 Å². The molecule has 2 aromatic rings. The van der Waals surface area contributed by atoms with Crippen LogP contribution in [0.3, 0.4) is 0 Å². The van der Waals surface area contributed by atoms with E-state index >= 15 is 0 Å². The number of carbonyl (C=O) groups is 1. The zero-order chi connectivity index (χ0) is 20.0. The molecule has 146 valence electrons. The number of hydrogen-bond donors (Lipinski definition) is 2. The monoisotopic (exact) mass is 410 g/mol. The van der Waals surface area contributed by atoms with E-state index in [1.807, 2.05) is 26.0 Å². The molecule has 27 heavy (non-hydrogen) atoms. The highest BCUT2D eigenvalue weighted by Crippen LogP contribution is 2.22. The van der Waals surface area contributed by atoms with Crippen molar-refractivity contribution in [3.8, 4) is 5.75 Å². The number of amides is 1. The second-order valence-electron chi connectivity index (χ2n) is 6.27. The van der Waals surface area contributed by atoms with Crippen molar-refractivity contribution >= 4 is 27.5 Å². The molecule has 6 nitrogen and oxygen atoms in total. The summed E-state index contributed by atoms with van der Waals surface area (Å²) in [6.07, 6.45) is 0.900. The number of ether oxygens (including phenoxy) is 1. The molecule has 8 heteroatoms. The predicted molar refractivity (Wildman–Crippen MR) is 105 cm³/mol. The average Bonchev–Trinajstić information content (AvgIpc) is 2.59. The van der Waals surface area contributed by atoms with Crippen LogP contribution in [0.1, 0.15) is 36.9 Å². The van der Waals surface area contributed by atoms with E-state index < -0.39 is 10.0 Å². The molecule has 0 saturated carbocycles. The number of primary sulfonamides is 1. The first-order valence-corrected chi connectivity index (χ1v) is 10.4. The van der Waals surface area contributed by atoms with Crippen LogP contribution in [0.25, 0.3) is 0 Å². The standard InChI is InChI=1S/C19H23ClN2O4S/c1-13-12-16(20)7-10-18(13)26-11-3-4-19(23)22-14(2)15-5-8-17(9-6-15)27(21,24)25/h5-10,12,14H,3-4,11H2,1-2H3,(H,22,23)(H2,21,24,25). The van der Waals surface area contributed by atoms with Gasteiger partial charge in [0.15, 0.2) is 0 Å². The summed E-state index contributed by atoms with van der Waals surface area (Å²) in [5.41, 5.74) is 1.74. The molecule has 0 bridgehead atoms. The van der Waals surface area contributed by atoms with Gasteiger partial charge in [0, 0.05) is 11.4 Å². The normalized spacial score (nSPS) is 12.4. The van der Waals surface area contributed by atoms with Gasteiger partial charge in [-0.2, -0.15) is 0 Å². The Labute approximate surface area is 164 Å². The van der Waals surface area contributed by atoms with Crippen LogP contribution in [-0.2, 0) is 14.8 Å². The minimum absolute atomic E-state index is 0.0411. The Morgan fingerprint density at radius 2 is 1.89 bits per heavy atom. The lowest BCUT2D eigenvalue weighted by Gasteiger charge is -2.15. The molecule has 2 rings (SSSR count). The van der Waals surface area contributed by atoms with Crippen LogP contribution in [0.2, 0.25) is 5.02 Å². The summed E-state index contributed by atoms with van der Waals surface area (Å²) in [7, 11) is -3.72. The Hall–Kier alpha value is -2.09. The molecule has 1 amide bonds. The highest BCUT2D eigenvalue weighted by molar-refractivity contribution is 7.89. The van der Waals surface area contributed by atoms with Crippen LogP contribution in [0.15, 0.2) is 47.4 Å². The first-order valence-electron chi connectivity index (χ1n) is 8.48. The lowest BCUT2D eigenvalue weighted by atomic mass is 10.1. The van der Waals surface area contributed by atoms with E-state index in [4.69, 9.17) is 21.5 Å². The molecule has 0 saturated heterocycles. The fourth-order valence-electron chi connectivity index (χ4n) is 2.53. The SMILES string of the molecule is Cc1cc(Cl)ccc1OCCCC(=O)NC(C)c1ccc(S(N)(=O)=O)cc1. The molecule has 0 aromatic heterocycles. The predicted octanol–water partition coefficient (Wildman–Crippen LogP) is 3.33. The van der Waals surface area contributed by atoms with Crippen molar-refractivity contribution in [2.75, 3.05) is 6.61 Å². The number of halogens is 1. The topological polar surface area (TPSA) is 98.5 Å². The van der Waals surface area contributed by atoms with Crippen molar-refractivity contribution in [1.82, 2.24) is 5.32 Å². The van der Waals surface area contributed by atoms with Crippen LogP contribution >= 0.6 is 11.6 Å². The van der Waals surface area contributed by atoms with Gasteiger partial charge in [-0.1, -0.05) is 23.7 Å². The lowest BCUT2D eigenvalue weighted by Crippen LogP contribution is -2.26. The zero-order valence-electron chi connectivity index (χ0n) is 15.2. The summed E-state index contributed by atoms with van der Waals surface area (Å²) in [6.45, 7) is 4.17. The third kappa shape index (κ3) is 6.53. The Kier molecular flexibility index (Phi) is 7.24. The van der Waals surface area contributed by atoms with Gasteiger partial charge < -0.3 is 10.1 Å². The molecule has 0 fully saturated rings. The largest absolute Gasteiger partial charge is 0.493 e. The number of benzene rings is 2. The van der Waals surface area contributed by atoms with Gasteiger partial charge in [0.1, 0.15) is 5.75 Å². The van der Waals surface area contributed by atoms with Gasteiger partial charge in [0.2, 0.25) is 15.9 Å². The Balaban J connectivity index is 1.78. The first-order chi connectivity index (χ1) is 12.7. The second kappa shape index (κ2) is 9.21. The van der Waals surface area contributed by atoms with Crippen LogP contribution in [0.4, 0.5) is 0 Å². The molecule has 0 radical (unpaired) electrons. The van der Waals surface area contributed by atoms with Crippen molar-refractivity contribution in [2.45, 2.75) is 37.6 Å². The molecule has 2 aromatic carbocycles. The zero-order valence-corrected chi connectivity index (χ0v) is 16.8. The number of carbonyl (C=O) groups excluding carboxylic acids is 1. The van der Waals surface area contributed by atoms with Gasteiger partial charge in [-0.15, -0.1) is 0 Å². The number of hydrogen-bond acceptors (Lipinski definition) is 4. The van der Waals surface area contributed by atoms with E-state index in [1.54, 1.807) is 18.2 Å². The van der Waals surface area contributed by atoms with E-state index in [9.17, 15) is 13.2 Å². The molecule has 1 unspecified atom stereocenters. The second-order valence-corrected chi connectivity index (χ2v) is 8.26. The highest BCUT2D eigenvalue weighted by atomic mass is 35.5. The van der Waals surface area contributed by atoms with Crippen LogP contribution in [-0.4, -0.2) is 20.9 Å². The molecular weight excluding hydrogens is 388 g/mol. The van der Waals surface area contributed by atoms with E-state index in [0.29, 0.717) is 24.5 Å². The molecule has 3 N–H and O–H groups in total. The number of sulfonamides is 1. The summed E-state index contributed by atoms with van der Waals surface area (Å²) in [5, 5.41) is 8.61. The summed E-state index contributed by atoms with van der Waals surface area (Å²) in [5.74, 6) is 0.651. The van der Waals surface area contributed by atoms with Crippen LogP contribution in [0, 0.1) is 6.92 Å². The molecule has 0 aliphatic carbocycles. The quantitative estimate of drug-likeness (QED) is 0.652. The summed E-state index contributed by atoms with van der Waals surface area (Å²) < 4.78 is 28.2. The van der Waals surface area contributed by atoms with E-state index in [0.717, 1.165) is 16.9 Å². The maximum atomic E-state index is 12.1. The number of nitrogens with two attached hydrogens (primary N) is 1. The summed E-state index contributed by atoms with van der Waals surface area (Å²) in [4.78, 5) is 12.1.